The lowest BCUT2D eigenvalue weighted by atomic mass is 10.1. The molecule has 0 N–H and O–H groups in total. The number of nitrogens with zero attached hydrogens (tertiary/aromatic N) is 3. The lowest BCUT2D eigenvalue weighted by molar-refractivity contribution is 0.0788. The molecule has 4 heteroatoms. The smallest absolute Gasteiger partial charge is 0.257 e. The van der Waals surface area contributed by atoms with Gasteiger partial charge >= 0.3 is 0 Å². The van der Waals surface area contributed by atoms with Gasteiger partial charge in [-0.05, 0) is 43.7 Å². The average molecular weight is 273 g/mol. The summed E-state index contributed by atoms with van der Waals surface area (Å²) in [6.45, 7) is 6.02. The van der Waals surface area contributed by atoms with Crippen LogP contribution in [0.25, 0.3) is 0 Å². The highest BCUT2D eigenvalue weighted by molar-refractivity contribution is 5.99. The molecule has 1 atom stereocenters. The van der Waals surface area contributed by atoms with E-state index in [0.29, 0.717) is 5.92 Å². The molecule has 0 aliphatic carbocycles. The van der Waals surface area contributed by atoms with Crippen molar-refractivity contribution in [3.05, 3.63) is 23.9 Å². The molecule has 1 aromatic heterocycles. The molecule has 0 saturated carbocycles. The molecule has 2 aliphatic heterocycles. The van der Waals surface area contributed by atoms with Crippen molar-refractivity contribution in [3.63, 3.8) is 0 Å². The number of pyridine rings is 1. The Morgan fingerprint density at radius 2 is 2.05 bits per heavy atom. The molecule has 0 bridgehead atoms. The van der Waals surface area contributed by atoms with Gasteiger partial charge < -0.3 is 9.80 Å². The molecular formula is C16H23N3O. The van der Waals surface area contributed by atoms with Crippen molar-refractivity contribution in [1.82, 2.24) is 9.88 Å². The first kappa shape index (κ1) is 13.4. The van der Waals surface area contributed by atoms with Gasteiger partial charge in [0.25, 0.3) is 5.91 Å². The summed E-state index contributed by atoms with van der Waals surface area (Å²) in [7, 11) is 0. The van der Waals surface area contributed by atoms with Gasteiger partial charge in [-0.3, -0.25) is 4.79 Å². The molecule has 0 aromatic carbocycles. The Balaban J connectivity index is 1.83. The van der Waals surface area contributed by atoms with Crippen LogP contribution in [0, 0.1) is 5.92 Å². The van der Waals surface area contributed by atoms with Gasteiger partial charge in [-0.15, -0.1) is 0 Å². The summed E-state index contributed by atoms with van der Waals surface area (Å²) < 4.78 is 0. The first-order chi connectivity index (χ1) is 9.75. The molecule has 0 unspecified atom stereocenters. The van der Waals surface area contributed by atoms with Crippen LogP contribution in [0.2, 0.25) is 0 Å². The molecule has 108 valence electrons. The van der Waals surface area contributed by atoms with Gasteiger partial charge in [0.1, 0.15) is 5.82 Å². The number of hydrogen-bond donors (Lipinski definition) is 0. The molecule has 2 saturated heterocycles. The first-order valence-electron chi connectivity index (χ1n) is 7.75. The number of anilines is 1. The van der Waals surface area contributed by atoms with Gasteiger partial charge in [0.15, 0.2) is 0 Å². The number of carbonyl (C=O) groups excluding carboxylic acids is 1. The van der Waals surface area contributed by atoms with E-state index in [2.05, 4.69) is 16.8 Å². The number of amides is 1. The molecule has 1 aromatic rings. The maximum absolute atomic E-state index is 12.7. The van der Waals surface area contributed by atoms with E-state index >= 15 is 0 Å². The standard InChI is InChI=1S/C16H23N3O/c1-13-7-11-19(12-13)16(20)14-6-5-8-17-15(14)18-9-3-2-4-10-18/h5-6,8,13H,2-4,7,9-12H2,1H3/t13-/m1/s1. The van der Waals surface area contributed by atoms with Crippen LogP contribution in [-0.4, -0.2) is 42.0 Å². The minimum atomic E-state index is 0.156. The van der Waals surface area contributed by atoms with E-state index in [4.69, 9.17) is 0 Å². The van der Waals surface area contributed by atoms with E-state index in [0.717, 1.165) is 44.0 Å². The number of hydrogen-bond acceptors (Lipinski definition) is 3. The molecular weight excluding hydrogens is 250 g/mol. The van der Waals surface area contributed by atoms with Gasteiger partial charge in [0.2, 0.25) is 0 Å². The van der Waals surface area contributed by atoms with Crippen LogP contribution < -0.4 is 4.90 Å². The van der Waals surface area contributed by atoms with E-state index in [-0.39, 0.29) is 5.91 Å². The van der Waals surface area contributed by atoms with Crippen molar-refractivity contribution in [2.24, 2.45) is 5.92 Å². The zero-order chi connectivity index (χ0) is 13.9. The Morgan fingerprint density at radius 3 is 2.75 bits per heavy atom. The second-order valence-corrected chi connectivity index (χ2v) is 6.07. The Hall–Kier alpha value is -1.58. The summed E-state index contributed by atoms with van der Waals surface area (Å²) in [5.41, 5.74) is 0.781. The predicted octanol–water partition coefficient (Wildman–Crippen LogP) is 2.55. The Labute approximate surface area is 120 Å². The van der Waals surface area contributed by atoms with Gasteiger partial charge in [-0.2, -0.15) is 0 Å². The quantitative estimate of drug-likeness (QED) is 0.831. The minimum absolute atomic E-state index is 0.156. The van der Waals surface area contributed by atoms with Gasteiger partial charge in [0.05, 0.1) is 5.56 Å². The van der Waals surface area contributed by atoms with Crippen LogP contribution in [0.3, 0.4) is 0 Å². The van der Waals surface area contributed by atoms with Crippen LogP contribution in [0.5, 0.6) is 0 Å². The molecule has 0 radical (unpaired) electrons. The van der Waals surface area contributed by atoms with Gasteiger partial charge in [0, 0.05) is 32.4 Å². The number of carbonyl (C=O) groups is 1. The molecule has 2 aliphatic rings. The van der Waals surface area contributed by atoms with Crippen molar-refractivity contribution in [3.8, 4) is 0 Å². The van der Waals surface area contributed by atoms with Crippen molar-refractivity contribution >= 4 is 11.7 Å². The van der Waals surface area contributed by atoms with Crippen LogP contribution in [0.1, 0.15) is 43.0 Å². The van der Waals surface area contributed by atoms with E-state index < -0.39 is 0 Å². The molecule has 3 heterocycles. The third kappa shape index (κ3) is 2.65. The highest BCUT2D eigenvalue weighted by Gasteiger charge is 2.27. The molecule has 20 heavy (non-hydrogen) atoms. The van der Waals surface area contributed by atoms with Crippen molar-refractivity contribution in [1.29, 1.82) is 0 Å². The number of piperidine rings is 1. The molecule has 4 nitrogen and oxygen atoms in total. The lowest BCUT2D eigenvalue weighted by Crippen LogP contribution is -2.34. The fourth-order valence-corrected chi connectivity index (χ4v) is 3.21. The predicted molar refractivity (Wildman–Crippen MR) is 80.0 cm³/mol. The number of aromatic nitrogens is 1. The molecule has 3 rings (SSSR count). The van der Waals surface area contributed by atoms with Crippen LogP contribution in [0.15, 0.2) is 18.3 Å². The summed E-state index contributed by atoms with van der Waals surface area (Å²) in [6, 6.07) is 3.81. The summed E-state index contributed by atoms with van der Waals surface area (Å²) in [5, 5.41) is 0. The van der Waals surface area contributed by atoms with E-state index in [9.17, 15) is 4.79 Å². The highest BCUT2D eigenvalue weighted by atomic mass is 16.2. The summed E-state index contributed by atoms with van der Waals surface area (Å²) in [5.74, 6) is 1.66. The second kappa shape index (κ2) is 5.81. The monoisotopic (exact) mass is 273 g/mol. The third-order valence-corrected chi connectivity index (χ3v) is 4.38. The molecule has 0 spiro atoms. The van der Waals surface area contributed by atoms with Crippen molar-refractivity contribution in [2.45, 2.75) is 32.6 Å². The molecule has 2 fully saturated rings. The highest BCUT2D eigenvalue weighted by Crippen LogP contribution is 2.25. The summed E-state index contributed by atoms with van der Waals surface area (Å²) in [6.07, 6.45) is 6.60. The maximum atomic E-state index is 12.7. The third-order valence-electron chi connectivity index (χ3n) is 4.38. The summed E-state index contributed by atoms with van der Waals surface area (Å²) in [4.78, 5) is 21.5. The van der Waals surface area contributed by atoms with Gasteiger partial charge in [-0.25, -0.2) is 4.98 Å². The van der Waals surface area contributed by atoms with E-state index in [1.54, 1.807) is 6.20 Å². The normalized spacial score (nSPS) is 23.1. The SMILES string of the molecule is C[C@@H]1CCN(C(=O)c2cccnc2N2CCCCC2)C1. The largest absolute Gasteiger partial charge is 0.356 e. The fourth-order valence-electron chi connectivity index (χ4n) is 3.21. The number of likely N-dealkylation sites (tertiary alicyclic amines) is 1. The Morgan fingerprint density at radius 1 is 1.25 bits per heavy atom. The topological polar surface area (TPSA) is 36.4 Å². The zero-order valence-corrected chi connectivity index (χ0v) is 12.2. The number of rotatable bonds is 2. The zero-order valence-electron chi connectivity index (χ0n) is 12.2. The van der Waals surface area contributed by atoms with Gasteiger partial charge in [-0.1, -0.05) is 6.92 Å². The second-order valence-electron chi connectivity index (χ2n) is 6.07. The lowest BCUT2D eigenvalue weighted by Gasteiger charge is -2.29. The van der Waals surface area contributed by atoms with Crippen LogP contribution in [0.4, 0.5) is 5.82 Å². The van der Waals surface area contributed by atoms with E-state index in [1.165, 1.54) is 19.3 Å². The van der Waals surface area contributed by atoms with Crippen LogP contribution in [-0.2, 0) is 0 Å². The maximum Gasteiger partial charge on any atom is 0.257 e. The Kier molecular flexibility index (Phi) is 3.90. The average Bonchev–Trinajstić information content (AvgIpc) is 2.94. The summed E-state index contributed by atoms with van der Waals surface area (Å²) >= 11 is 0. The Bertz CT molecular complexity index is 482. The van der Waals surface area contributed by atoms with Crippen LogP contribution >= 0.6 is 0 Å². The fraction of sp³-hybridized carbons (Fsp3) is 0.625. The minimum Gasteiger partial charge on any atom is -0.356 e. The molecule has 1 amide bonds. The van der Waals surface area contributed by atoms with Crippen molar-refractivity contribution in [2.75, 3.05) is 31.1 Å². The first-order valence-corrected chi connectivity index (χ1v) is 7.75. The van der Waals surface area contributed by atoms with Crippen molar-refractivity contribution < 1.29 is 4.79 Å². The van der Waals surface area contributed by atoms with E-state index in [1.807, 2.05) is 17.0 Å².